The molecule has 0 aliphatic carbocycles. The third-order valence-electron chi connectivity index (χ3n) is 5.31. The first-order valence-corrected chi connectivity index (χ1v) is 11.6. The Bertz CT molecular complexity index is 1350. The molecule has 0 saturated carbocycles. The van der Waals surface area contributed by atoms with E-state index in [1.807, 2.05) is 22.7 Å². The van der Waals surface area contributed by atoms with Gasteiger partial charge in [-0.15, -0.1) is 34.0 Å². The molecule has 0 bridgehead atoms. The van der Waals surface area contributed by atoms with Crippen LogP contribution >= 0.6 is 34.0 Å². The summed E-state index contributed by atoms with van der Waals surface area (Å²) in [5.41, 5.74) is 4.97. The van der Waals surface area contributed by atoms with Gasteiger partial charge in [-0.2, -0.15) is 0 Å². The van der Waals surface area contributed by atoms with Gasteiger partial charge in [-0.05, 0) is 37.5 Å². The number of benzene rings is 2. The molecule has 2 aromatic carbocycles. The molecule has 0 aliphatic rings. The molecule has 0 N–H and O–H groups in total. The smallest absolute Gasteiger partial charge is 0.160 e. The Hall–Kier alpha value is -2.27. The van der Waals surface area contributed by atoms with Crippen LogP contribution < -0.4 is 0 Å². The highest BCUT2D eigenvalue weighted by Crippen LogP contribution is 2.50. The minimum Gasteiger partial charge on any atom is -0.297 e. The maximum Gasteiger partial charge on any atom is 0.160 e. The molecule has 3 heterocycles. The van der Waals surface area contributed by atoms with E-state index in [1.54, 1.807) is 11.3 Å². The number of fused-ring (bicyclic) bond motifs is 2. The van der Waals surface area contributed by atoms with Crippen LogP contribution in [0.1, 0.15) is 26.4 Å². The Labute approximate surface area is 175 Å². The molecule has 5 rings (SSSR count). The third-order valence-corrected chi connectivity index (χ3v) is 9.34. The van der Waals surface area contributed by atoms with Crippen LogP contribution in [-0.2, 0) is 0 Å². The van der Waals surface area contributed by atoms with Crippen molar-refractivity contribution in [1.82, 2.24) is 0 Å². The second-order valence-electron chi connectivity index (χ2n) is 7.10. The highest BCUT2D eigenvalue weighted by atomic mass is 32.2. The molecule has 0 fully saturated rings. The first kappa shape index (κ1) is 17.8. The average Bonchev–Trinajstić information content (AvgIpc) is 3.34. The van der Waals surface area contributed by atoms with Gasteiger partial charge in [0.05, 0.1) is 13.8 Å². The molecule has 0 aliphatic heterocycles. The Morgan fingerprint density at radius 1 is 0.714 bits per heavy atom. The van der Waals surface area contributed by atoms with Crippen LogP contribution in [0.15, 0.2) is 48.5 Å². The first-order valence-electron chi connectivity index (χ1n) is 9.15. The van der Waals surface area contributed by atoms with Crippen LogP contribution in [0.5, 0.6) is 0 Å². The van der Waals surface area contributed by atoms with Crippen molar-refractivity contribution in [2.24, 2.45) is 0 Å². The van der Waals surface area contributed by atoms with Gasteiger partial charge in [0, 0.05) is 25.9 Å². The molecule has 3 aromatic heterocycles. The summed E-state index contributed by atoms with van der Waals surface area (Å²) in [5.74, 6) is 0. The molecule has 1 nitrogen and oxygen atoms in total. The van der Waals surface area contributed by atoms with Gasteiger partial charge < -0.3 is 0 Å². The molecule has 5 aromatic rings. The second kappa shape index (κ2) is 6.66. The monoisotopic (exact) mass is 418 g/mol. The molecule has 0 spiro atoms. The normalized spacial score (nSPS) is 11.5. The third kappa shape index (κ3) is 2.60. The van der Waals surface area contributed by atoms with Crippen molar-refractivity contribution >= 4 is 60.5 Å². The standard InChI is InChI=1S/C24H18OS3/c1-13-8-10-16(11-9-13)22-17-6-4-5-7-18(17)23(27-22)21-15(3)20-14(2)19(12-25)26-24(20)28-21/h4-12H,1-3H3. The number of carbonyl (C=O) groups excluding carboxylic acids is 1. The van der Waals surface area contributed by atoms with Gasteiger partial charge in [0.15, 0.2) is 6.29 Å². The zero-order valence-corrected chi connectivity index (χ0v) is 18.3. The fraction of sp³-hybridized carbons (Fsp3) is 0.125. The largest absolute Gasteiger partial charge is 0.297 e. The van der Waals surface area contributed by atoms with E-state index in [1.165, 1.54) is 51.5 Å². The van der Waals surface area contributed by atoms with Crippen LogP contribution in [-0.4, -0.2) is 6.29 Å². The molecular weight excluding hydrogens is 400 g/mol. The number of aryl methyl sites for hydroxylation is 3. The number of carbonyl (C=O) groups is 1. The van der Waals surface area contributed by atoms with Gasteiger partial charge in [-0.25, -0.2) is 0 Å². The van der Waals surface area contributed by atoms with Crippen LogP contribution in [0, 0.1) is 20.8 Å². The van der Waals surface area contributed by atoms with E-state index in [9.17, 15) is 4.79 Å². The molecule has 0 saturated heterocycles. The van der Waals surface area contributed by atoms with Crippen LogP contribution in [0.3, 0.4) is 0 Å². The highest BCUT2D eigenvalue weighted by molar-refractivity contribution is 7.41. The lowest BCUT2D eigenvalue weighted by Crippen LogP contribution is -1.79. The lowest BCUT2D eigenvalue weighted by Gasteiger charge is -1.99. The van der Waals surface area contributed by atoms with E-state index < -0.39 is 0 Å². The predicted octanol–water partition coefficient (Wildman–Crippen LogP) is 8.25. The Morgan fingerprint density at radius 2 is 1.39 bits per heavy atom. The van der Waals surface area contributed by atoms with E-state index >= 15 is 0 Å². The van der Waals surface area contributed by atoms with Crippen LogP contribution in [0.2, 0.25) is 0 Å². The quantitative estimate of drug-likeness (QED) is 0.270. The lowest BCUT2D eigenvalue weighted by atomic mass is 10.0. The Balaban J connectivity index is 1.78. The topological polar surface area (TPSA) is 17.1 Å². The summed E-state index contributed by atoms with van der Waals surface area (Å²) in [6.07, 6.45) is 0.988. The van der Waals surface area contributed by atoms with E-state index in [4.69, 9.17) is 0 Å². The van der Waals surface area contributed by atoms with Gasteiger partial charge in [0.2, 0.25) is 0 Å². The zero-order valence-electron chi connectivity index (χ0n) is 15.8. The number of aldehydes is 1. The molecule has 0 radical (unpaired) electrons. The summed E-state index contributed by atoms with van der Waals surface area (Å²) >= 11 is 5.32. The van der Waals surface area contributed by atoms with E-state index in [2.05, 4.69) is 69.3 Å². The van der Waals surface area contributed by atoms with Gasteiger partial charge >= 0.3 is 0 Å². The molecule has 0 amide bonds. The van der Waals surface area contributed by atoms with Gasteiger partial charge in [0.25, 0.3) is 0 Å². The number of hydrogen-bond donors (Lipinski definition) is 0. The average molecular weight is 419 g/mol. The number of rotatable bonds is 3. The SMILES string of the molecule is Cc1ccc(-c2sc(-c3sc4sc(C=O)c(C)c4c3C)c3ccccc23)cc1. The summed E-state index contributed by atoms with van der Waals surface area (Å²) < 4.78 is 1.25. The number of hydrogen-bond acceptors (Lipinski definition) is 4. The molecule has 0 unspecified atom stereocenters. The van der Waals surface area contributed by atoms with Crippen molar-refractivity contribution in [3.05, 3.63) is 70.1 Å². The first-order chi connectivity index (χ1) is 13.6. The maximum atomic E-state index is 11.3. The van der Waals surface area contributed by atoms with Gasteiger partial charge in [-0.3, -0.25) is 4.79 Å². The summed E-state index contributed by atoms with van der Waals surface area (Å²) in [5, 5.41) is 3.89. The van der Waals surface area contributed by atoms with Crippen molar-refractivity contribution in [2.75, 3.05) is 0 Å². The Morgan fingerprint density at radius 3 is 2.04 bits per heavy atom. The predicted molar refractivity (Wildman–Crippen MR) is 126 cm³/mol. The minimum absolute atomic E-state index is 0.854. The summed E-state index contributed by atoms with van der Waals surface area (Å²) in [7, 11) is 0. The van der Waals surface area contributed by atoms with E-state index in [-0.39, 0.29) is 0 Å². The van der Waals surface area contributed by atoms with E-state index in [0.717, 1.165) is 16.7 Å². The van der Waals surface area contributed by atoms with Gasteiger partial charge in [0.1, 0.15) is 0 Å². The summed E-state index contributed by atoms with van der Waals surface area (Å²) in [6.45, 7) is 6.39. The van der Waals surface area contributed by atoms with Crippen molar-refractivity contribution in [1.29, 1.82) is 0 Å². The highest BCUT2D eigenvalue weighted by Gasteiger charge is 2.21. The van der Waals surface area contributed by atoms with Gasteiger partial charge in [-0.1, -0.05) is 54.1 Å². The molecule has 0 atom stereocenters. The maximum absolute atomic E-state index is 11.3. The molecule has 138 valence electrons. The molecule has 28 heavy (non-hydrogen) atoms. The zero-order chi connectivity index (χ0) is 19.4. The van der Waals surface area contributed by atoms with Crippen molar-refractivity contribution in [3.63, 3.8) is 0 Å². The summed E-state index contributed by atoms with van der Waals surface area (Å²) in [4.78, 5) is 16.2. The van der Waals surface area contributed by atoms with Crippen LogP contribution in [0.4, 0.5) is 0 Å². The second-order valence-corrected chi connectivity index (χ2v) is 10.5. The van der Waals surface area contributed by atoms with E-state index in [0.29, 0.717) is 0 Å². The molecule has 4 heteroatoms. The fourth-order valence-corrected chi connectivity index (χ4v) is 7.98. The Kier molecular flexibility index (Phi) is 4.23. The van der Waals surface area contributed by atoms with Crippen molar-refractivity contribution < 1.29 is 4.79 Å². The number of thiophene rings is 3. The fourth-order valence-electron chi connectivity index (χ4n) is 3.80. The van der Waals surface area contributed by atoms with Crippen LogP contribution in [0.25, 0.3) is 40.4 Å². The van der Waals surface area contributed by atoms with Crippen molar-refractivity contribution in [3.8, 4) is 20.2 Å². The minimum atomic E-state index is 0.854. The molecular formula is C24H18OS3. The van der Waals surface area contributed by atoms with Crippen molar-refractivity contribution in [2.45, 2.75) is 20.8 Å². The lowest BCUT2D eigenvalue weighted by molar-refractivity contribution is 0.112. The summed E-state index contributed by atoms with van der Waals surface area (Å²) in [6, 6.07) is 17.5.